The van der Waals surface area contributed by atoms with E-state index in [-0.39, 0.29) is 6.42 Å². The molecule has 0 bridgehead atoms. The molecule has 19 heavy (non-hydrogen) atoms. The highest BCUT2D eigenvalue weighted by Crippen LogP contribution is 2.33. The third-order valence-electron chi connectivity index (χ3n) is 2.80. The predicted molar refractivity (Wildman–Crippen MR) is 70.4 cm³/mol. The number of rotatable bonds is 6. The van der Waals surface area contributed by atoms with Crippen LogP contribution < -0.4 is 9.47 Å². The number of carbonyl (C=O) groups is 1. The lowest BCUT2D eigenvalue weighted by atomic mass is 9.92. The average molecular weight is 268 g/mol. The fourth-order valence-corrected chi connectivity index (χ4v) is 1.77. The minimum absolute atomic E-state index is 0.115. The summed E-state index contributed by atoms with van der Waals surface area (Å²) in [4.78, 5) is 11.5. The maximum atomic E-state index is 11.5. The van der Waals surface area contributed by atoms with Crippen LogP contribution in [-0.2, 0) is 15.1 Å². The predicted octanol–water partition coefficient (Wildman–Crippen LogP) is 1.86. The highest BCUT2D eigenvalue weighted by Gasteiger charge is 2.28. The Hall–Kier alpha value is -1.75. The van der Waals surface area contributed by atoms with Crippen molar-refractivity contribution in [2.75, 3.05) is 20.8 Å². The Morgan fingerprint density at radius 3 is 2.42 bits per heavy atom. The fourth-order valence-electron chi connectivity index (χ4n) is 1.77. The first-order valence-corrected chi connectivity index (χ1v) is 6.05. The minimum atomic E-state index is -1.31. The van der Waals surface area contributed by atoms with Crippen LogP contribution in [0.5, 0.6) is 11.5 Å². The number of esters is 1. The SMILES string of the molecule is CCOC(=O)CC(C)(O)c1ccc(OC)c(OC)c1. The van der Waals surface area contributed by atoms with Crippen LogP contribution in [0.1, 0.15) is 25.8 Å². The quantitative estimate of drug-likeness (QED) is 0.798. The van der Waals surface area contributed by atoms with Crippen molar-refractivity contribution >= 4 is 5.97 Å². The zero-order chi connectivity index (χ0) is 14.5. The first kappa shape index (κ1) is 15.3. The zero-order valence-corrected chi connectivity index (χ0v) is 11.7. The highest BCUT2D eigenvalue weighted by molar-refractivity contribution is 5.71. The number of ether oxygens (including phenoxy) is 3. The molecule has 0 saturated carbocycles. The van der Waals surface area contributed by atoms with Gasteiger partial charge in [0.05, 0.1) is 32.8 Å². The van der Waals surface area contributed by atoms with E-state index in [1.54, 1.807) is 32.0 Å². The van der Waals surface area contributed by atoms with Gasteiger partial charge >= 0.3 is 5.97 Å². The van der Waals surface area contributed by atoms with Crippen molar-refractivity contribution in [1.29, 1.82) is 0 Å². The van der Waals surface area contributed by atoms with E-state index in [4.69, 9.17) is 14.2 Å². The molecule has 1 rings (SSSR count). The monoisotopic (exact) mass is 268 g/mol. The van der Waals surface area contributed by atoms with Gasteiger partial charge in [-0.05, 0) is 31.5 Å². The Kier molecular flexibility index (Phi) is 5.18. The number of hydrogen-bond donors (Lipinski definition) is 1. The maximum Gasteiger partial charge on any atom is 0.309 e. The Balaban J connectivity index is 2.97. The van der Waals surface area contributed by atoms with E-state index in [1.807, 2.05) is 0 Å². The molecule has 1 N–H and O–H groups in total. The maximum absolute atomic E-state index is 11.5. The van der Waals surface area contributed by atoms with Crippen LogP contribution in [0, 0.1) is 0 Å². The summed E-state index contributed by atoms with van der Waals surface area (Å²) in [5, 5.41) is 10.4. The van der Waals surface area contributed by atoms with E-state index >= 15 is 0 Å². The molecule has 0 aliphatic rings. The van der Waals surface area contributed by atoms with Gasteiger partial charge in [-0.2, -0.15) is 0 Å². The Bertz CT molecular complexity index is 439. The Labute approximate surface area is 113 Å². The zero-order valence-electron chi connectivity index (χ0n) is 11.7. The molecule has 0 aromatic heterocycles. The minimum Gasteiger partial charge on any atom is -0.493 e. The average Bonchev–Trinajstić information content (AvgIpc) is 2.37. The lowest BCUT2D eigenvalue weighted by Crippen LogP contribution is -2.26. The molecule has 0 radical (unpaired) electrons. The molecule has 1 aromatic carbocycles. The summed E-state index contributed by atoms with van der Waals surface area (Å²) >= 11 is 0. The van der Waals surface area contributed by atoms with Gasteiger partial charge in [0.25, 0.3) is 0 Å². The van der Waals surface area contributed by atoms with Gasteiger partial charge in [0, 0.05) is 0 Å². The summed E-state index contributed by atoms with van der Waals surface area (Å²) in [5.41, 5.74) is -0.746. The number of aliphatic hydroxyl groups is 1. The van der Waals surface area contributed by atoms with Gasteiger partial charge < -0.3 is 19.3 Å². The van der Waals surface area contributed by atoms with E-state index in [2.05, 4.69) is 0 Å². The van der Waals surface area contributed by atoms with E-state index in [9.17, 15) is 9.90 Å². The van der Waals surface area contributed by atoms with Gasteiger partial charge in [-0.25, -0.2) is 0 Å². The first-order valence-electron chi connectivity index (χ1n) is 6.05. The van der Waals surface area contributed by atoms with E-state index < -0.39 is 11.6 Å². The molecule has 1 unspecified atom stereocenters. The second-order valence-corrected chi connectivity index (χ2v) is 4.33. The summed E-state index contributed by atoms with van der Waals surface area (Å²) in [6, 6.07) is 5.03. The molecule has 1 atom stereocenters. The van der Waals surface area contributed by atoms with Gasteiger partial charge in [-0.15, -0.1) is 0 Å². The summed E-state index contributed by atoms with van der Waals surface area (Å²) in [7, 11) is 3.05. The van der Waals surface area contributed by atoms with Gasteiger partial charge in [0.15, 0.2) is 11.5 Å². The Morgan fingerprint density at radius 2 is 1.89 bits per heavy atom. The van der Waals surface area contributed by atoms with Crippen molar-refractivity contribution in [1.82, 2.24) is 0 Å². The second-order valence-electron chi connectivity index (χ2n) is 4.33. The van der Waals surface area contributed by atoms with Crippen molar-refractivity contribution in [3.63, 3.8) is 0 Å². The number of benzene rings is 1. The smallest absolute Gasteiger partial charge is 0.309 e. The van der Waals surface area contributed by atoms with Crippen molar-refractivity contribution in [2.24, 2.45) is 0 Å². The van der Waals surface area contributed by atoms with Gasteiger partial charge in [-0.3, -0.25) is 4.79 Å². The Morgan fingerprint density at radius 1 is 1.26 bits per heavy atom. The van der Waals surface area contributed by atoms with Crippen LogP contribution >= 0.6 is 0 Å². The van der Waals surface area contributed by atoms with Crippen LogP contribution in [0.25, 0.3) is 0 Å². The third kappa shape index (κ3) is 3.86. The standard InChI is InChI=1S/C14H20O5/c1-5-19-13(15)9-14(2,16)10-6-7-11(17-3)12(8-10)18-4/h6-8,16H,5,9H2,1-4H3. The molecule has 1 aromatic rings. The molecule has 0 fully saturated rings. The first-order chi connectivity index (χ1) is 8.94. The number of hydrogen-bond acceptors (Lipinski definition) is 5. The summed E-state index contributed by atoms with van der Waals surface area (Å²) < 4.78 is 15.1. The molecule has 0 spiro atoms. The molecular weight excluding hydrogens is 248 g/mol. The van der Waals surface area contributed by atoms with Crippen molar-refractivity contribution in [3.05, 3.63) is 23.8 Å². The topological polar surface area (TPSA) is 65.0 Å². The lowest BCUT2D eigenvalue weighted by Gasteiger charge is -2.23. The normalized spacial score (nSPS) is 13.5. The van der Waals surface area contributed by atoms with Crippen molar-refractivity contribution < 1.29 is 24.1 Å². The molecule has 0 heterocycles. The van der Waals surface area contributed by atoms with E-state index in [1.165, 1.54) is 14.2 Å². The molecule has 5 nitrogen and oxygen atoms in total. The number of carbonyl (C=O) groups excluding carboxylic acids is 1. The fraction of sp³-hybridized carbons (Fsp3) is 0.500. The van der Waals surface area contributed by atoms with Crippen molar-refractivity contribution in [2.45, 2.75) is 25.9 Å². The van der Waals surface area contributed by atoms with Crippen LogP contribution in [0.4, 0.5) is 0 Å². The lowest BCUT2D eigenvalue weighted by molar-refractivity contribution is -0.148. The molecule has 0 aliphatic carbocycles. The molecule has 0 aliphatic heterocycles. The summed E-state index contributed by atoms with van der Waals surface area (Å²) in [6.45, 7) is 3.58. The summed E-state index contributed by atoms with van der Waals surface area (Å²) in [6.07, 6.45) is -0.115. The molecule has 5 heteroatoms. The van der Waals surface area contributed by atoms with E-state index in [0.717, 1.165) is 0 Å². The van der Waals surface area contributed by atoms with Crippen LogP contribution in [0.3, 0.4) is 0 Å². The summed E-state index contributed by atoms with van der Waals surface area (Å²) in [5.74, 6) is 0.629. The molecule has 106 valence electrons. The van der Waals surface area contributed by atoms with Gasteiger partial charge in [0.1, 0.15) is 0 Å². The van der Waals surface area contributed by atoms with E-state index in [0.29, 0.717) is 23.7 Å². The van der Waals surface area contributed by atoms with Gasteiger partial charge in [0.2, 0.25) is 0 Å². The number of methoxy groups -OCH3 is 2. The van der Waals surface area contributed by atoms with Crippen LogP contribution in [-0.4, -0.2) is 31.9 Å². The van der Waals surface area contributed by atoms with Crippen LogP contribution in [0.15, 0.2) is 18.2 Å². The van der Waals surface area contributed by atoms with Crippen LogP contribution in [0.2, 0.25) is 0 Å². The molecule has 0 saturated heterocycles. The second kappa shape index (κ2) is 6.43. The largest absolute Gasteiger partial charge is 0.493 e. The van der Waals surface area contributed by atoms with Gasteiger partial charge in [-0.1, -0.05) is 6.07 Å². The molecular formula is C14H20O5. The highest BCUT2D eigenvalue weighted by atomic mass is 16.5. The van der Waals surface area contributed by atoms with Crippen molar-refractivity contribution in [3.8, 4) is 11.5 Å². The molecule has 0 amide bonds. The third-order valence-corrected chi connectivity index (χ3v) is 2.80.